The van der Waals surface area contributed by atoms with Crippen LogP contribution in [0, 0.1) is 18.6 Å². The molecule has 0 radical (unpaired) electrons. The van der Waals surface area contributed by atoms with E-state index in [0.29, 0.717) is 5.56 Å². The van der Waals surface area contributed by atoms with Crippen LogP contribution >= 0.6 is 23.2 Å². The van der Waals surface area contributed by atoms with Crippen LogP contribution in [0.25, 0.3) is 0 Å². The molecule has 6 nitrogen and oxygen atoms in total. The van der Waals surface area contributed by atoms with E-state index in [9.17, 15) is 22.0 Å². The van der Waals surface area contributed by atoms with Gasteiger partial charge in [-0.1, -0.05) is 23.2 Å². The molecule has 28 heavy (non-hydrogen) atoms. The fourth-order valence-corrected chi connectivity index (χ4v) is 4.26. The minimum atomic E-state index is -3.99. The highest BCUT2D eigenvalue weighted by Gasteiger charge is 2.25. The SMILES string of the molecule is Cc1cc(Cl)c(C(=O)Nc2cc(F)c(F)c(Cl)c2)cc1S(=O)(=O)N(C)CCO. The Morgan fingerprint density at radius 3 is 2.39 bits per heavy atom. The number of nitrogens with one attached hydrogen (secondary N) is 1. The summed E-state index contributed by atoms with van der Waals surface area (Å²) in [6.45, 7) is 0.980. The molecule has 0 aliphatic carbocycles. The average molecular weight is 453 g/mol. The number of benzene rings is 2. The summed E-state index contributed by atoms with van der Waals surface area (Å²) in [5.74, 6) is -3.35. The van der Waals surface area contributed by atoms with Crippen LogP contribution in [0.3, 0.4) is 0 Å². The van der Waals surface area contributed by atoms with Crippen molar-refractivity contribution in [3.63, 3.8) is 0 Å². The number of aryl methyl sites for hydroxylation is 1. The van der Waals surface area contributed by atoms with Crippen LogP contribution < -0.4 is 5.32 Å². The van der Waals surface area contributed by atoms with Crippen molar-refractivity contribution >= 4 is 44.8 Å². The molecule has 0 bridgehead atoms. The lowest BCUT2D eigenvalue weighted by atomic mass is 10.1. The van der Waals surface area contributed by atoms with Crippen molar-refractivity contribution in [3.8, 4) is 0 Å². The molecule has 0 aliphatic heterocycles. The Hall–Kier alpha value is -1.78. The van der Waals surface area contributed by atoms with Gasteiger partial charge in [-0.05, 0) is 30.7 Å². The molecule has 0 aliphatic rings. The van der Waals surface area contributed by atoms with Crippen LogP contribution in [-0.2, 0) is 10.0 Å². The zero-order valence-electron chi connectivity index (χ0n) is 14.8. The van der Waals surface area contributed by atoms with Gasteiger partial charge in [-0.15, -0.1) is 0 Å². The van der Waals surface area contributed by atoms with E-state index >= 15 is 0 Å². The second kappa shape index (κ2) is 8.71. The van der Waals surface area contributed by atoms with Gasteiger partial charge < -0.3 is 10.4 Å². The Morgan fingerprint density at radius 2 is 1.82 bits per heavy atom. The molecule has 0 spiro atoms. The first kappa shape index (κ1) is 22.5. The number of carbonyl (C=O) groups is 1. The lowest BCUT2D eigenvalue weighted by Crippen LogP contribution is -2.30. The van der Waals surface area contributed by atoms with Crippen LogP contribution in [0.2, 0.25) is 10.0 Å². The first-order chi connectivity index (χ1) is 13.0. The first-order valence-corrected chi connectivity index (χ1v) is 10.0. The van der Waals surface area contributed by atoms with Crippen molar-refractivity contribution in [2.45, 2.75) is 11.8 Å². The number of anilines is 1. The highest BCUT2D eigenvalue weighted by Crippen LogP contribution is 2.28. The molecule has 0 saturated carbocycles. The fourth-order valence-electron chi connectivity index (χ4n) is 2.36. The third-order valence-corrected chi connectivity index (χ3v) is 6.44. The van der Waals surface area contributed by atoms with Crippen molar-refractivity contribution in [3.05, 3.63) is 57.1 Å². The summed E-state index contributed by atoms with van der Waals surface area (Å²) >= 11 is 11.6. The Bertz CT molecular complexity index is 1010. The van der Waals surface area contributed by atoms with E-state index in [2.05, 4.69) is 5.32 Å². The molecule has 2 aromatic rings. The van der Waals surface area contributed by atoms with Crippen LogP contribution in [-0.4, -0.2) is 43.9 Å². The predicted octanol–water partition coefficient (Wildman–Crippen LogP) is 3.45. The predicted molar refractivity (Wildman–Crippen MR) is 102 cm³/mol. The third-order valence-electron chi connectivity index (χ3n) is 3.85. The van der Waals surface area contributed by atoms with Gasteiger partial charge in [0.05, 0.1) is 27.1 Å². The third kappa shape index (κ3) is 4.61. The van der Waals surface area contributed by atoms with Gasteiger partial charge in [0.2, 0.25) is 10.0 Å². The maximum Gasteiger partial charge on any atom is 0.257 e. The first-order valence-electron chi connectivity index (χ1n) is 7.82. The monoisotopic (exact) mass is 452 g/mol. The van der Waals surface area contributed by atoms with E-state index in [1.165, 1.54) is 20.0 Å². The van der Waals surface area contributed by atoms with Crippen molar-refractivity contribution in [1.82, 2.24) is 4.31 Å². The molecular weight excluding hydrogens is 437 g/mol. The lowest BCUT2D eigenvalue weighted by Gasteiger charge is -2.18. The van der Waals surface area contributed by atoms with E-state index in [4.69, 9.17) is 28.3 Å². The van der Waals surface area contributed by atoms with Crippen molar-refractivity contribution in [1.29, 1.82) is 0 Å². The molecule has 11 heteroatoms. The summed E-state index contributed by atoms with van der Waals surface area (Å²) in [4.78, 5) is 12.3. The molecule has 2 rings (SSSR count). The van der Waals surface area contributed by atoms with E-state index in [1.54, 1.807) is 0 Å². The van der Waals surface area contributed by atoms with Crippen molar-refractivity contribution < 1.29 is 27.1 Å². The molecule has 0 fully saturated rings. The van der Waals surface area contributed by atoms with Crippen molar-refractivity contribution in [2.75, 3.05) is 25.5 Å². The van der Waals surface area contributed by atoms with E-state index in [0.717, 1.165) is 22.5 Å². The summed E-state index contributed by atoms with van der Waals surface area (Å²) in [6, 6.07) is 4.12. The Labute approximate surface area is 170 Å². The summed E-state index contributed by atoms with van der Waals surface area (Å²) in [5.41, 5.74) is -0.0290. The van der Waals surface area contributed by atoms with E-state index in [1.807, 2.05) is 0 Å². The number of aliphatic hydroxyl groups is 1. The van der Waals surface area contributed by atoms with Crippen LogP contribution in [0.5, 0.6) is 0 Å². The second-order valence-corrected chi connectivity index (χ2v) is 8.68. The summed E-state index contributed by atoms with van der Waals surface area (Å²) in [5, 5.41) is 10.7. The molecule has 0 saturated heterocycles. The van der Waals surface area contributed by atoms with Gasteiger partial charge >= 0.3 is 0 Å². The van der Waals surface area contributed by atoms with Gasteiger partial charge in [0.1, 0.15) is 0 Å². The fraction of sp³-hybridized carbons (Fsp3) is 0.235. The van der Waals surface area contributed by atoms with Crippen LogP contribution in [0.1, 0.15) is 15.9 Å². The number of hydrogen-bond acceptors (Lipinski definition) is 4. The molecule has 0 unspecified atom stereocenters. The van der Waals surface area contributed by atoms with Crippen LogP contribution in [0.4, 0.5) is 14.5 Å². The molecule has 0 heterocycles. The molecule has 1 amide bonds. The number of hydrogen-bond donors (Lipinski definition) is 2. The van der Waals surface area contributed by atoms with Gasteiger partial charge in [-0.2, -0.15) is 4.31 Å². The second-order valence-electron chi connectivity index (χ2n) is 5.86. The van der Waals surface area contributed by atoms with E-state index < -0.39 is 32.6 Å². The zero-order chi connectivity index (χ0) is 21.2. The van der Waals surface area contributed by atoms with Gasteiger partial charge in [0, 0.05) is 25.3 Å². The molecule has 2 aromatic carbocycles. The van der Waals surface area contributed by atoms with Gasteiger partial charge in [-0.25, -0.2) is 17.2 Å². The van der Waals surface area contributed by atoms with Gasteiger partial charge in [-0.3, -0.25) is 4.79 Å². The van der Waals surface area contributed by atoms with E-state index in [-0.39, 0.29) is 34.3 Å². The summed E-state index contributed by atoms with van der Waals surface area (Å²) in [6.07, 6.45) is 0. The Morgan fingerprint density at radius 1 is 1.18 bits per heavy atom. The van der Waals surface area contributed by atoms with Gasteiger partial charge in [0.25, 0.3) is 5.91 Å². The number of rotatable bonds is 6. The maximum atomic E-state index is 13.5. The normalized spacial score (nSPS) is 11.7. The number of sulfonamides is 1. The minimum Gasteiger partial charge on any atom is -0.395 e. The minimum absolute atomic E-state index is 0.0348. The molecular formula is C17H16Cl2F2N2O4S. The van der Waals surface area contributed by atoms with Gasteiger partial charge in [0.15, 0.2) is 11.6 Å². The standard InChI is InChI=1S/C17H16Cl2F2N2O4S/c1-9-5-12(18)11(8-15(9)28(26,27)23(2)3-4-24)17(25)22-10-6-13(19)16(21)14(20)7-10/h5-8,24H,3-4H2,1-2H3,(H,22,25). The zero-order valence-corrected chi connectivity index (χ0v) is 17.1. The quantitative estimate of drug-likeness (QED) is 0.657. The number of amides is 1. The topological polar surface area (TPSA) is 86.7 Å². The number of nitrogens with zero attached hydrogens (tertiary/aromatic N) is 1. The highest BCUT2D eigenvalue weighted by molar-refractivity contribution is 7.89. The maximum absolute atomic E-state index is 13.5. The molecule has 0 aromatic heterocycles. The van der Waals surface area contributed by atoms with Crippen molar-refractivity contribution in [2.24, 2.45) is 0 Å². The molecule has 152 valence electrons. The number of carbonyl (C=O) groups excluding carboxylic acids is 1. The average Bonchev–Trinajstić information content (AvgIpc) is 2.59. The molecule has 0 atom stereocenters. The van der Waals surface area contributed by atoms with Crippen LogP contribution in [0.15, 0.2) is 29.2 Å². The highest BCUT2D eigenvalue weighted by atomic mass is 35.5. The smallest absolute Gasteiger partial charge is 0.257 e. The lowest BCUT2D eigenvalue weighted by molar-refractivity contribution is 0.102. The number of halogens is 4. The largest absolute Gasteiger partial charge is 0.395 e. The summed E-state index contributed by atoms with van der Waals surface area (Å²) < 4.78 is 53.0. The Kier molecular flexibility index (Phi) is 7.00. The number of aliphatic hydroxyl groups excluding tert-OH is 1. The summed E-state index contributed by atoms with van der Waals surface area (Å²) in [7, 11) is -2.71. The number of likely N-dealkylation sites (N-methyl/N-ethyl adjacent to an activating group) is 1. The Balaban J connectivity index is 2.45. The molecule has 2 N–H and O–H groups in total.